The summed E-state index contributed by atoms with van der Waals surface area (Å²) in [5, 5.41) is 7.23. The van der Waals surface area contributed by atoms with E-state index in [0.29, 0.717) is 43.1 Å². The lowest BCUT2D eigenvalue weighted by Gasteiger charge is -2.31. The van der Waals surface area contributed by atoms with Crippen molar-refractivity contribution in [1.82, 2.24) is 40.4 Å². The molecule has 0 aliphatic rings. The largest absolute Gasteiger partial charge is 0.453 e. The molecule has 4 N–H and O–H groups in total. The number of ether oxygens (including phenoxy) is 3. The molecule has 4 atom stereocenters. The highest BCUT2D eigenvalue weighted by molar-refractivity contribution is 6.04. The Morgan fingerprint density at radius 1 is 0.778 bits per heavy atom. The first kappa shape index (κ1) is 45.3. The number of benzene rings is 4. The highest BCUT2D eigenvalue weighted by atomic mass is 16.5. The molecule has 0 spiro atoms. The zero-order valence-electron chi connectivity index (χ0n) is 36.7. The molecule has 0 unspecified atom stereocenters. The van der Waals surface area contributed by atoms with Gasteiger partial charge in [-0.1, -0.05) is 80.3 Å². The Kier molecular flexibility index (Phi) is 15.2. The van der Waals surface area contributed by atoms with Crippen LogP contribution >= 0.6 is 0 Å². The van der Waals surface area contributed by atoms with Crippen molar-refractivity contribution in [2.75, 3.05) is 34.4 Å². The van der Waals surface area contributed by atoms with Crippen LogP contribution in [0.4, 0.5) is 9.59 Å². The van der Waals surface area contributed by atoms with E-state index in [0.717, 1.165) is 44.2 Å². The van der Waals surface area contributed by atoms with Gasteiger partial charge in [-0.15, -0.1) is 0 Å². The zero-order chi connectivity index (χ0) is 45.0. The van der Waals surface area contributed by atoms with Crippen LogP contribution in [-0.2, 0) is 30.3 Å². The van der Waals surface area contributed by atoms with Crippen LogP contribution in [0.1, 0.15) is 81.0 Å². The van der Waals surface area contributed by atoms with Crippen LogP contribution in [0.2, 0.25) is 0 Å². The molecule has 15 heteroatoms. The fourth-order valence-electron chi connectivity index (χ4n) is 7.35. The number of alkyl carbamates (subject to hydrolysis) is 2. The summed E-state index contributed by atoms with van der Waals surface area (Å²) in [7, 11) is 4.00. The van der Waals surface area contributed by atoms with E-state index in [1.807, 2.05) is 93.6 Å². The fourth-order valence-corrected chi connectivity index (χ4v) is 7.35. The van der Waals surface area contributed by atoms with Gasteiger partial charge >= 0.3 is 12.2 Å². The number of hydrogen-bond donors (Lipinski definition) is 4. The Morgan fingerprint density at radius 3 is 2.14 bits per heavy atom. The first-order valence-electron chi connectivity index (χ1n) is 20.9. The Bertz CT molecular complexity index is 2600. The lowest BCUT2D eigenvalue weighted by Crippen LogP contribution is -2.54. The molecule has 2 heterocycles. The molecule has 6 aromatic rings. The number of methoxy groups -OCH3 is 3. The molecule has 0 saturated heterocycles. The predicted octanol–water partition coefficient (Wildman–Crippen LogP) is 7.40. The molecule has 0 aliphatic carbocycles. The van der Waals surface area contributed by atoms with Gasteiger partial charge in [0.25, 0.3) is 5.91 Å². The van der Waals surface area contributed by atoms with Gasteiger partial charge in [0.15, 0.2) is 0 Å². The lowest BCUT2D eigenvalue weighted by atomic mass is 10.0. The van der Waals surface area contributed by atoms with Gasteiger partial charge in [-0.3, -0.25) is 9.59 Å². The summed E-state index contributed by atoms with van der Waals surface area (Å²) >= 11 is 0. The number of carbonyl (C=O) groups excluding carboxylic acids is 4. The van der Waals surface area contributed by atoms with Crippen LogP contribution in [0.25, 0.3) is 33.1 Å². The molecule has 4 aromatic carbocycles. The average Bonchev–Trinajstić information content (AvgIpc) is 3.98. The number of nitrogens with one attached hydrogen (secondary N) is 4. The van der Waals surface area contributed by atoms with Crippen LogP contribution in [-0.4, -0.2) is 100 Å². The summed E-state index contributed by atoms with van der Waals surface area (Å²) in [6.07, 6.45) is 1.18. The third-order valence-electron chi connectivity index (χ3n) is 10.8. The normalized spacial score (nSPS) is 12.9. The van der Waals surface area contributed by atoms with Gasteiger partial charge in [0.2, 0.25) is 5.91 Å². The summed E-state index contributed by atoms with van der Waals surface area (Å²) in [6, 6.07) is 24.7. The molecule has 4 amide bonds. The Hall–Kier alpha value is -7.18. The van der Waals surface area contributed by atoms with E-state index in [1.165, 1.54) is 21.3 Å². The van der Waals surface area contributed by atoms with Crippen LogP contribution in [0.15, 0.2) is 91.1 Å². The molecule has 0 fully saturated rings. The van der Waals surface area contributed by atoms with E-state index >= 15 is 0 Å². The lowest BCUT2D eigenvalue weighted by molar-refractivity contribution is -0.137. The molecule has 15 nitrogen and oxygen atoms in total. The molecule has 63 heavy (non-hydrogen) atoms. The maximum Gasteiger partial charge on any atom is 0.407 e. The van der Waals surface area contributed by atoms with Crippen molar-refractivity contribution in [2.24, 2.45) is 0 Å². The minimum atomic E-state index is -0.933. The molecular formula is C48H54N8O7. The van der Waals surface area contributed by atoms with Crippen LogP contribution < -0.4 is 10.6 Å². The van der Waals surface area contributed by atoms with E-state index in [4.69, 9.17) is 19.2 Å². The van der Waals surface area contributed by atoms with E-state index in [-0.39, 0.29) is 18.4 Å². The van der Waals surface area contributed by atoms with Crippen LogP contribution in [0, 0.1) is 11.8 Å². The second kappa shape index (κ2) is 21.1. The van der Waals surface area contributed by atoms with Crippen molar-refractivity contribution in [3.63, 3.8) is 0 Å². The van der Waals surface area contributed by atoms with E-state index in [9.17, 15) is 19.2 Å². The number of aromatic nitrogens is 4. The quantitative estimate of drug-likeness (QED) is 0.0721. The second-order valence-corrected chi connectivity index (χ2v) is 15.1. The number of nitrogens with zero attached hydrogens (tertiary/aromatic N) is 4. The van der Waals surface area contributed by atoms with Gasteiger partial charge < -0.3 is 44.6 Å². The molecule has 328 valence electrons. The Balaban J connectivity index is 1.15. The number of rotatable bonds is 16. The standard InChI is InChI=1S/C48H54N8O7/c1-8-25-55(45(57)41(31(4)61-5)53-47(59)62-6)29-40-50-38-24-22-36-27-33(19-23-37(36)43(38)52-40)16-15-32-17-20-34(21-18-32)39-28-49-44(51-39)30(3)56(26-9-2)46(58)42(54-48(60)63-7)35-13-11-10-12-14-35/h10-14,17-24,27-28,30-31,41-42H,8-9,25-26,29H2,1-7H3,(H,49,51)(H,50,52)(H,53,59)(H,54,60)/t30-,31+,41-,42+/m0/s1. The Labute approximate surface area is 366 Å². The third-order valence-corrected chi connectivity index (χ3v) is 10.8. The van der Waals surface area contributed by atoms with Crippen molar-refractivity contribution >= 4 is 45.8 Å². The monoisotopic (exact) mass is 854 g/mol. The van der Waals surface area contributed by atoms with E-state index < -0.39 is 36.4 Å². The first-order valence-corrected chi connectivity index (χ1v) is 20.9. The van der Waals surface area contributed by atoms with Crippen LogP contribution in [0.5, 0.6) is 0 Å². The fraction of sp³-hybridized carbons (Fsp3) is 0.333. The topological polar surface area (TPSA) is 184 Å². The van der Waals surface area contributed by atoms with Gasteiger partial charge in [-0.25, -0.2) is 19.6 Å². The summed E-state index contributed by atoms with van der Waals surface area (Å²) < 4.78 is 15.0. The smallest absolute Gasteiger partial charge is 0.407 e. The zero-order valence-corrected chi connectivity index (χ0v) is 36.7. The first-order chi connectivity index (χ1) is 30.5. The number of fused-ring (bicyclic) bond motifs is 3. The van der Waals surface area contributed by atoms with Gasteiger partial charge in [-0.05, 0) is 73.5 Å². The Morgan fingerprint density at radius 2 is 1.46 bits per heavy atom. The average molecular weight is 855 g/mol. The van der Waals surface area contributed by atoms with Gasteiger partial charge in [-0.2, -0.15) is 0 Å². The van der Waals surface area contributed by atoms with Gasteiger partial charge in [0, 0.05) is 36.7 Å². The molecule has 0 bridgehead atoms. The number of amides is 4. The maximum atomic E-state index is 14.0. The molecule has 6 rings (SSSR count). The molecule has 0 aliphatic heterocycles. The van der Waals surface area contributed by atoms with Gasteiger partial charge in [0.05, 0.1) is 55.8 Å². The number of hydrogen-bond acceptors (Lipinski definition) is 9. The molecule has 0 saturated carbocycles. The van der Waals surface area contributed by atoms with Crippen molar-refractivity contribution in [3.05, 3.63) is 119 Å². The molecule has 2 aromatic heterocycles. The second-order valence-electron chi connectivity index (χ2n) is 15.1. The van der Waals surface area contributed by atoms with Crippen LogP contribution in [0.3, 0.4) is 0 Å². The minimum absolute atomic E-state index is 0.216. The van der Waals surface area contributed by atoms with Crippen molar-refractivity contribution in [2.45, 2.75) is 71.3 Å². The minimum Gasteiger partial charge on any atom is -0.453 e. The number of imidazole rings is 2. The number of carbonyl (C=O) groups is 4. The van der Waals surface area contributed by atoms with Crippen molar-refractivity contribution < 1.29 is 33.4 Å². The van der Waals surface area contributed by atoms with Crippen molar-refractivity contribution in [1.29, 1.82) is 0 Å². The highest BCUT2D eigenvalue weighted by Gasteiger charge is 2.33. The SMILES string of the molecule is CCCN(Cc1nc2c(ccc3cc(C#Cc4ccc(-c5cnc([C@H](C)N(CCC)C(=O)[C@H](NC(=O)OC)c6ccccc6)[nH]5)cc4)ccc32)[nH]1)C(=O)[C@@H](NC(=O)OC)[C@@H](C)OC. The summed E-state index contributed by atoms with van der Waals surface area (Å²) in [4.78, 5) is 71.7. The van der Waals surface area contributed by atoms with Crippen molar-refractivity contribution in [3.8, 4) is 23.1 Å². The molecular weight excluding hydrogens is 801 g/mol. The van der Waals surface area contributed by atoms with E-state index in [1.54, 1.807) is 35.1 Å². The third kappa shape index (κ3) is 10.8. The maximum absolute atomic E-state index is 14.0. The highest BCUT2D eigenvalue weighted by Crippen LogP contribution is 2.28. The summed E-state index contributed by atoms with van der Waals surface area (Å²) in [5.74, 6) is 7.23. The summed E-state index contributed by atoms with van der Waals surface area (Å²) in [6.45, 7) is 8.74. The number of H-pyrrole nitrogens is 2. The predicted molar refractivity (Wildman–Crippen MR) is 240 cm³/mol. The summed E-state index contributed by atoms with van der Waals surface area (Å²) in [5.41, 5.74) is 5.64. The van der Waals surface area contributed by atoms with E-state index in [2.05, 4.69) is 37.4 Å². The number of aromatic amines is 2. The van der Waals surface area contributed by atoms with Gasteiger partial charge in [0.1, 0.15) is 23.7 Å². The molecule has 0 radical (unpaired) electrons.